The van der Waals surface area contributed by atoms with Crippen molar-refractivity contribution >= 4 is 43.2 Å². The van der Waals surface area contributed by atoms with Crippen molar-refractivity contribution in [1.29, 1.82) is 0 Å². The lowest BCUT2D eigenvalue weighted by Gasteiger charge is -2.32. The molecule has 21 heavy (non-hydrogen) atoms. The first-order valence-corrected chi connectivity index (χ1v) is 9.70. The predicted octanol–water partition coefficient (Wildman–Crippen LogP) is 2.79. The molecule has 1 aromatic rings. The van der Waals surface area contributed by atoms with Gasteiger partial charge in [0.25, 0.3) is 0 Å². The minimum Gasteiger partial charge on any atom is -0.298 e. The number of carbonyl (C=O) groups excluding carboxylic acids is 1. The molecule has 1 heterocycles. The van der Waals surface area contributed by atoms with E-state index in [9.17, 15) is 13.2 Å². The quantitative estimate of drug-likeness (QED) is 0.737. The maximum atomic E-state index is 12.2. The zero-order chi connectivity index (χ0) is 15.6. The number of hydrogen-bond acceptors (Lipinski definition) is 4. The van der Waals surface area contributed by atoms with Crippen molar-refractivity contribution in [3.63, 3.8) is 0 Å². The Morgan fingerprint density at radius 2 is 2.19 bits per heavy atom. The summed E-state index contributed by atoms with van der Waals surface area (Å²) < 4.78 is 23.9. The van der Waals surface area contributed by atoms with Crippen molar-refractivity contribution < 1.29 is 13.2 Å². The molecular formula is C14H17BrClNO3S. The smallest absolute Gasteiger partial charge is 0.165 e. The minimum atomic E-state index is -2.92. The van der Waals surface area contributed by atoms with Gasteiger partial charge in [-0.2, -0.15) is 0 Å². The molecular weight excluding hydrogens is 378 g/mol. The summed E-state index contributed by atoms with van der Waals surface area (Å²) >= 11 is 9.37. The van der Waals surface area contributed by atoms with Crippen molar-refractivity contribution in [1.82, 2.24) is 4.90 Å². The molecule has 2 rings (SSSR count). The van der Waals surface area contributed by atoms with Crippen molar-refractivity contribution in [2.45, 2.75) is 19.4 Å². The summed E-state index contributed by atoms with van der Waals surface area (Å²) in [5.74, 6) is 0.318. The Bertz CT molecular complexity index is 648. The first-order valence-electron chi connectivity index (χ1n) is 6.71. The summed E-state index contributed by atoms with van der Waals surface area (Å²) in [6, 6.07) is 5.15. The number of halogens is 2. The molecule has 1 aliphatic rings. The Morgan fingerprint density at radius 1 is 1.48 bits per heavy atom. The molecule has 0 N–H and O–H groups in total. The van der Waals surface area contributed by atoms with E-state index in [1.807, 2.05) is 11.8 Å². The molecule has 1 saturated heterocycles. The highest BCUT2D eigenvalue weighted by Gasteiger charge is 2.28. The van der Waals surface area contributed by atoms with Crippen LogP contribution in [0.5, 0.6) is 0 Å². The summed E-state index contributed by atoms with van der Waals surface area (Å²) in [6.45, 7) is 2.93. The average molecular weight is 395 g/mol. The van der Waals surface area contributed by atoms with E-state index in [0.29, 0.717) is 30.1 Å². The molecule has 4 nitrogen and oxygen atoms in total. The molecule has 1 atom stereocenters. The fourth-order valence-corrected chi connectivity index (χ4v) is 4.86. The highest BCUT2D eigenvalue weighted by Crippen LogP contribution is 2.23. The molecule has 0 aromatic heterocycles. The summed E-state index contributed by atoms with van der Waals surface area (Å²) in [4.78, 5) is 14.3. The zero-order valence-corrected chi connectivity index (χ0v) is 14.8. The van der Waals surface area contributed by atoms with Crippen molar-refractivity contribution in [2.75, 3.05) is 24.6 Å². The van der Waals surface area contributed by atoms with Gasteiger partial charge >= 0.3 is 0 Å². The number of sulfone groups is 1. The predicted molar refractivity (Wildman–Crippen MR) is 87.8 cm³/mol. The normalized spacial score (nSPS) is 22.1. The monoisotopic (exact) mass is 393 g/mol. The average Bonchev–Trinajstić information content (AvgIpc) is 2.36. The third-order valence-corrected chi connectivity index (χ3v) is 6.27. The lowest BCUT2D eigenvalue weighted by molar-refractivity contribution is 0.0957. The summed E-state index contributed by atoms with van der Waals surface area (Å²) in [5.41, 5.74) is 0.511. The van der Waals surface area contributed by atoms with Crippen LogP contribution in [0, 0.1) is 0 Å². The van der Waals surface area contributed by atoms with E-state index < -0.39 is 9.84 Å². The van der Waals surface area contributed by atoms with Crippen LogP contribution in [0.25, 0.3) is 0 Å². The summed E-state index contributed by atoms with van der Waals surface area (Å²) in [6.07, 6.45) is 0.339. The lowest BCUT2D eigenvalue weighted by Crippen LogP contribution is -2.47. The summed E-state index contributed by atoms with van der Waals surface area (Å²) in [5, 5.41) is 0.434. The van der Waals surface area contributed by atoms with Crippen LogP contribution >= 0.6 is 27.5 Å². The van der Waals surface area contributed by atoms with Crippen LogP contribution in [0.15, 0.2) is 22.7 Å². The zero-order valence-electron chi connectivity index (χ0n) is 11.7. The SMILES string of the molecule is CC1CS(=O)(=O)CCN1CCC(=O)c1ccc(Br)cc1Cl. The van der Waals surface area contributed by atoms with E-state index in [2.05, 4.69) is 15.9 Å². The van der Waals surface area contributed by atoms with Gasteiger partial charge < -0.3 is 0 Å². The highest BCUT2D eigenvalue weighted by molar-refractivity contribution is 9.10. The van der Waals surface area contributed by atoms with E-state index in [1.165, 1.54) is 0 Å². The van der Waals surface area contributed by atoms with Gasteiger partial charge in [0.05, 0.1) is 16.5 Å². The molecule has 116 valence electrons. The molecule has 1 aromatic carbocycles. The van der Waals surface area contributed by atoms with Gasteiger partial charge in [-0.15, -0.1) is 0 Å². The van der Waals surface area contributed by atoms with E-state index >= 15 is 0 Å². The fourth-order valence-electron chi connectivity index (χ4n) is 2.46. The van der Waals surface area contributed by atoms with Crippen LogP contribution in [-0.2, 0) is 9.84 Å². The molecule has 1 aliphatic heterocycles. The molecule has 1 unspecified atom stereocenters. The van der Waals surface area contributed by atoms with Crippen molar-refractivity contribution in [2.24, 2.45) is 0 Å². The molecule has 0 aliphatic carbocycles. The molecule has 0 spiro atoms. The number of hydrogen-bond donors (Lipinski definition) is 0. The first kappa shape index (κ1) is 16.9. The maximum Gasteiger partial charge on any atom is 0.165 e. The number of Topliss-reactive ketones (excluding diaryl/α,β-unsaturated/α-hetero) is 1. The van der Waals surface area contributed by atoms with E-state index in [4.69, 9.17) is 11.6 Å². The number of rotatable bonds is 4. The van der Waals surface area contributed by atoms with E-state index in [1.54, 1.807) is 18.2 Å². The highest BCUT2D eigenvalue weighted by atomic mass is 79.9. The van der Waals surface area contributed by atoms with E-state index in [-0.39, 0.29) is 23.3 Å². The number of benzene rings is 1. The van der Waals surface area contributed by atoms with Crippen LogP contribution < -0.4 is 0 Å². The van der Waals surface area contributed by atoms with Gasteiger partial charge in [-0.1, -0.05) is 27.5 Å². The van der Waals surface area contributed by atoms with Crippen LogP contribution in [0.3, 0.4) is 0 Å². The van der Waals surface area contributed by atoms with Gasteiger partial charge in [0.1, 0.15) is 0 Å². The second-order valence-electron chi connectivity index (χ2n) is 5.30. The third kappa shape index (κ3) is 4.52. The second kappa shape index (κ2) is 6.77. The van der Waals surface area contributed by atoms with Gasteiger partial charge in [0.15, 0.2) is 15.6 Å². The Labute approximate surface area is 138 Å². The number of carbonyl (C=O) groups is 1. The molecule has 1 fully saturated rings. The largest absolute Gasteiger partial charge is 0.298 e. The molecule has 0 saturated carbocycles. The van der Waals surface area contributed by atoms with E-state index in [0.717, 1.165) is 4.47 Å². The molecule has 0 radical (unpaired) electrons. The van der Waals surface area contributed by atoms with Crippen molar-refractivity contribution in [3.05, 3.63) is 33.3 Å². The minimum absolute atomic E-state index is 0.0202. The Kier molecular flexibility index (Phi) is 5.46. The molecule has 0 amide bonds. The Hall–Kier alpha value is -0.430. The Morgan fingerprint density at radius 3 is 2.81 bits per heavy atom. The summed E-state index contributed by atoms with van der Waals surface area (Å²) in [7, 11) is -2.92. The van der Waals surface area contributed by atoms with Gasteiger partial charge in [-0.3, -0.25) is 9.69 Å². The Balaban J connectivity index is 1.95. The first-order chi connectivity index (χ1) is 9.78. The standard InChI is InChI=1S/C14H17BrClNO3S/c1-10-9-21(19,20)7-6-17(10)5-4-14(18)12-3-2-11(15)8-13(12)16/h2-3,8,10H,4-7,9H2,1H3. The fraction of sp³-hybridized carbons (Fsp3) is 0.500. The van der Waals surface area contributed by atoms with Gasteiger partial charge in [0.2, 0.25) is 0 Å². The van der Waals surface area contributed by atoms with Crippen molar-refractivity contribution in [3.8, 4) is 0 Å². The number of nitrogens with zero attached hydrogens (tertiary/aromatic N) is 1. The maximum absolute atomic E-state index is 12.2. The van der Waals surface area contributed by atoms with Gasteiger partial charge in [0, 0.05) is 35.6 Å². The van der Waals surface area contributed by atoms with Crippen LogP contribution in [0.1, 0.15) is 23.7 Å². The second-order valence-corrected chi connectivity index (χ2v) is 8.85. The topological polar surface area (TPSA) is 54.5 Å². The van der Waals surface area contributed by atoms with Gasteiger partial charge in [-0.25, -0.2) is 8.42 Å². The van der Waals surface area contributed by atoms with Crippen LogP contribution in [-0.4, -0.2) is 49.7 Å². The number of ketones is 1. The molecule has 0 bridgehead atoms. The van der Waals surface area contributed by atoms with Crippen LogP contribution in [0.4, 0.5) is 0 Å². The lowest BCUT2D eigenvalue weighted by atomic mass is 10.1. The third-order valence-electron chi connectivity index (χ3n) is 3.67. The molecule has 7 heteroatoms. The van der Waals surface area contributed by atoms with Crippen LogP contribution in [0.2, 0.25) is 5.02 Å². The van der Waals surface area contributed by atoms with Gasteiger partial charge in [-0.05, 0) is 25.1 Å².